The molecule has 2 heterocycles. The van der Waals surface area contributed by atoms with Gasteiger partial charge in [0, 0.05) is 18.7 Å². The Morgan fingerprint density at radius 2 is 1.95 bits per heavy atom. The van der Waals surface area contributed by atoms with Gasteiger partial charge in [-0.15, -0.1) is 0 Å². The minimum absolute atomic E-state index is 0.0867. The third kappa shape index (κ3) is 2.37. The zero-order chi connectivity index (χ0) is 13.9. The van der Waals surface area contributed by atoms with Crippen molar-refractivity contribution in [2.45, 2.75) is 0 Å². The fourth-order valence-corrected chi connectivity index (χ4v) is 2.28. The van der Waals surface area contributed by atoms with Crippen LogP contribution >= 0.6 is 0 Å². The highest BCUT2D eigenvalue weighted by Crippen LogP contribution is 2.23. The van der Waals surface area contributed by atoms with Crippen molar-refractivity contribution in [1.29, 1.82) is 0 Å². The van der Waals surface area contributed by atoms with Gasteiger partial charge in [-0.1, -0.05) is 30.3 Å². The lowest BCUT2D eigenvalue weighted by molar-refractivity contribution is 0.0300. The van der Waals surface area contributed by atoms with Crippen molar-refractivity contribution >= 4 is 11.9 Å². The number of hydrogen-bond donors (Lipinski definition) is 2. The maximum absolute atomic E-state index is 12.6. The van der Waals surface area contributed by atoms with Crippen LogP contribution in [0.4, 0.5) is 5.95 Å². The van der Waals surface area contributed by atoms with Crippen molar-refractivity contribution in [3.05, 3.63) is 36.0 Å². The van der Waals surface area contributed by atoms with E-state index in [1.54, 1.807) is 4.90 Å². The molecule has 6 nitrogen and oxygen atoms in total. The molecule has 3 rings (SSSR count). The van der Waals surface area contributed by atoms with Gasteiger partial charge >= 0.3 is 0 Å². The zero-order valence-electron chi connectivity index (χ0n) is 11.0. The molecular formula is C14H16N4O2. The summed E-state index contributed by atoms with van der Waals surface area (Å²) >= 11 is 0. The molecule has 0 spiro atoms. The summed E-state index contributed by atoms with van der Waals surface area (Å²) in [5.41, 5.74) is 7.63. The molecule has 0 radical (unpaired) electrons. The van der Waals surface area contributed by atoms with Crippen LogP contribution in [0, 0.1) is 0 Å². The van der Waals surface area contributed by atoms with E-state index in [-0.39, 0.29) is 11.9 Å². The van der Waals surface area contributed by atoms with Crippen molar-refractivity contribution in [3.63, 3.8) is 0 Å². The highest BCUT2D eigenvalue weighted by atomic mass is 16.5. The van der Waals surface area contributed by atoms with Crippen LogP contribution in [0.5, 0.6) is 0 Å². The summed E-state index contributed by atoms with van der Waals surface area (Å²) < 4.78 is 5.26. The third-order valence-corrected chi connectivity index (χ3v) is 3.28. The predicted molar refractivity (Wildman–Crippen MR) is 75.2 cm³/mol. The van der Waals surface area contributed by atoms with Gasteiger partial charge in [0.2, 0.25) is 0 Å². The number of hydrogen-bond acceptors (Lipinski definition) is 4. The summed E-state index contributed by atoms with van der Waals surface area (Å²) in [4.78, 5) is 21.4. The number of benzene rings is 1. The van der Waals surface area contributed by atoms with Gasteiger partial charge in [0.25, 0.3) is 5.91 Å². The Hall–Kier alpha value is -2.34. The van der Waals surface area contributed by atoms with Crippen LogP contribution < -0.4 is 5.73 Å². The lowest BCUT2D eigenvalue weighted by Crippen LogP contribution is -2.41. The van der Waals surface area contributed by atoms with E-state index in [0.717, 1.165) is 5.56 Å². The fraction of sp³-hybridized carbons (Fsp3) is 0.286. The average Bonchev–Trinajstić information content (AvgIpc) is 2.90. The molecule has 1 aromatic carbocycles. The van der Waals surface area contributed by atoms with Gasteiger partial charge in [-0.25, -0.2) is 4.98 Å². The monoisotopic (exact) mass is 272 g/mol. The molecule has 0 unspecified atom stereocenters. The van der Waals surface area contributed by atoms with Crippen LogP contribution in [0.1, 0.15) is 10.5 Å². The molecule has 0 aliphatic carbocycles. The first kappa shape index (κ1) is 12.7. The Bertz CT molecular complexity index is 603. The van der Waals surface area contributed by atoms with Gasteiger partial charge in [0.15, 0.2) is 5.95 Å². The number of ether oxygens (including phenoxy) is 1. The smallest absolute Gasteiger partial charge is 0.272 e. The van der Waals surface area contributed by atoms with Crippen LogP contribution in [0.2, 0.25) is 0 Å². The van der Waals surface area contributed by atoms with Gasteiger partial charge < -0.3 is 20.4 Å². The van der Waals surface area contributed by atoms with Crippen LogP contribution in [0.15, 0.2) is 30.3 Å². The summed E-state index contributed by atoms with van der Waals surface area (Å²) in [5.74, 6) is 0.164. The lowest BCUT2D eigenvalue weighted by atomic mass is 10.1. The SMILES string of the molecule is Nc1nc(-c2ccccc2)c(C(=O)N2CCOCC2)[nH]1. The Balaban J connectivity index is 1.95. The van der Waals surface area contributed by atoms with E-state index in [9.17, 15) is 4.79 Å². The number of carbonyl (C=O) groups excluding carboxylic acids is 1. The van der Waals surface area contributed by atoms with Crippen molar-refractivity contribution < 1.29 is 9.53 Å². The molecule has 0 bridgehead atoms. The van der Waals surface area contributed by atoms with Crippen LogP contribution in [0.25, 0.3) is 11.3 Å². The summed E-state index contributed by atoms with van der Waals surface area (Å²) in [6, 6.07) is 9.55. The summed E-state index contributed by atoms with van der Waals surface area (Å²) in [6.45, 7) is 2.31. The number of rotatable bonds is 2. The topological polar surface area (TPSA) is 84.2 Å². The van der Waals surface area contributed by atoms with Gasteiger partial charge in [-0.2, -0.15) is 0 Å². The summed E-state index contributed by atoms with van der Waals surface area (Å²) in [7, 11) is 0. The quantitative estimate of drug-likeness (QED) is 0.858. The minimum atomic E-state index is -0.0867. The van der Waals surface area contributed by atoms with E-state index < -0.39 is 0 Å². The highest BCUT2D eigenvalue weighted by molar-refractivity contribution is 5.98. The number of amides is 1. The molecule has 1 fully saturated rings. The van der Waals surface area contributed by atoms with Crippen LogP contribution in [0.3, 0.4) is 0 Å². The summed E-state index contributed by atoms with van der Waals surface area (Å²) in [5, 5.41) is 0. The number of nitrogens with zero attached hydrogens (tertiary/aromatic N) is 2. The van der Waals surface area contributed by atoms with Crippen molar-refractivity contribution in [3.8, 4) is 11.3 Å². The number of nitrogen functional groups attached to an aromatic ring is 1. The van der Waals surface area contributed by atoms with Gasteiger partial charge in [-0.3, -0.25) is 4.79 Å². The van der Waals surface area contributed by atoms with Crippen LogP contribution in [-0.4, -0.2) is 47.1 Å². The molecule has 6 heteroatoms. The number of imidazole rings is 1. The van der Waals surface area contributed by atoms with E-state index in [2.05, 4.69) is 9.97 Å². The number of carbonyl (C=O) groups is 1. The second-order valence-electron chi connectivity index (χ2n) is 4.62. The van der Waals surface area contributed by atoms with Gasteiger partial charge in [0.1, 0.15) is 11.4 Å². The second kappa shape index (κ2) is 5.34. The number of morpholine rings is 1. The maximum atomic E-state index is 12.6. The minimum Gasteiger partial charge on any atom is -0.378 e. The molecular weight excluding hydrogens is 256 g/mol. The van der Waals surface area contributed by atoms with E-state index in [1.165, 1.54) is 0 Å². The molecule has 104 valence electrons. The van der Waals surface area contributed by atoms with Crippen molar-refractivity contribution in [2.24, 2.45) is 0 Å². The fourth-order valence-electron chi connectivity index (χ4n) is 2.28. The number of nitrogens with two attached hydrogens (primary N) is 1. The summed E-state index contributed by atoms with van der Waals surface area (Å²) in [6.07, 6.45) is 0. The lowest BCUT2D eigenvalue weighted by Gasteiger charge is -2.26. The molecule has 1 aromatic heterocycles. The van der Waals surface area contributed by atoms with E-state index >= 15 is 0 Å². The zero-order valence-corrected chi connectivity index (χ0v) is 11.0. The number of anilines is 1. The molecule has 3 N–H and O–H groups in total. The average molecular weight is 272 g/mol. The first-order valence-electron chi connectivity index (χ1n) is 6.53. The van der Waals surface area contributed by atoms with E-state index in [0.29, 0.717) is 37.7 Å². The number of aromatic amines is 1. The molecule has 0 atom stereocenters. The molecule has 0 saturated carbocycles. The predicted octanol–water partition coefficient (Wildman–Crippen LogP) is 1.13. The molecule has 2 aromatic rings. The number of nitrogens with one attached hydrogen (secondary N) is 1. The van der Waals surface area contributed by atoms with Crippen LogP contribution in [-0.2, 0) is 4.74 Å². The third-order valence-electron chi connectivity index (χ3n) is 3.28. The van der Waals surface area contributed by atoms with E-state index in [4.69, 9.17) is 10.5 Å². The van der Waals surface area contributed by atoms with Gasteiger partial charge in [-0.05, 0) is 0 Å². The number of aromatic nitrogens is 2. The molecule has 1 amide bonds. The highest BCUT2D eigenvalue weighted by Gasteiger charge is 2.24. The second-order valence-corrected chi connectivity index (χ2v) is 4.62. The molecule has 20 heavy (non-hydrogen) atoms. The van der Waals surface area contributed by atoms with Gasteiger partial charge in [0.05, 0.1) is 13.2 Å². The number of H-pyrrole nitrogens is 1. The Morgan fingerprint density at radius 3 is 2.65 bits per heavy atom. The first-order chi connectivity index (χ1) is 9.75. The Labute approximate surface area is 116 Å². The Morgan fingerprint density at radius 1 is 1.25 bits per heavy atom. The Kier molecular flexibility index (Phi) is 3.39. The van der Waals surface area contributed by atoms with E-state index in [1.807, 2.05) is 30.3 Å². The van der Waals surface area contributed by atoms with Crippen molar-refractivity contribution in [1.82, 2.24) is 14.9 Å². The largest absolute Gasteiger partial charge is 0.378 e. The maximum Gasteiger partial charge on any atom is 0.272 e. The van der Waals surface area contributed by atoms with Crippen molar-refractivity contribution in [2.75, 3.05) is 32.0 Å². The normalized spacial score (nSPS) is 15.3. The first-order valence-corrected chi connectivity index (χ1v) is 6.53. The molecule has 1 saturated heterocycles. The molecule has 1 aliphatic rings. The molecule has 1 aliphatic heterocycles. The standard InChI is InChI=1S/C14H16N4O2/c15-14-16-11(10-4-2-1-3-5-10)12(17-14)13(19)18-6-8-20-9-7-18/h1-5H,6-9H2,(H3,15,16,17).